The van der Waals surface area contributed by atoms with Crippen LogP contribution in [0.15, 0.2) is 65.6 Å². The molecule has 3 aromatic rings. The van der Waals surface area contributed by atoms with E-state index in [-0.39, 0.29) is 6.04 Å². The summed E-state index contributed by atoms with van der Waals surface area (Å²) in [5, 5.41) is 7.71. The van der Waals surface area contributed by atoms with Crippen molar-refractivity contribution in [3.05, 3.63) is 72.4 Å². The van der Waals surface area contributed by atoms with Gasteiger partial charge in [0.05, 0.1) is 29.9 Å². The van der Waals surface area contributed by atoms with Gasteiger partial charge in [-0.05, 0) is 31.3 Å². The van der Waals surface area contributed by atoms with Gasteiger partial charge in [0.2, 0.25) is 0 Å². The van der Waals surface area contributed by atoms with Gasteiger partial charge in [0.25, 0.3) is 0 Å². The zero-order valence-corrected chi connectivity index (χ0v) is 10.7. The molecule has 4 heteroatoms. The maximum Gasteiger partial charge on any atom is 0.0954 e. The molecule has 1 aromatic carbocycles. The normalized spacial score (nSPS) is 12.5. The summed E-state index contributed by atoms with van der Waals surface area (Å²) in [5.41, 5.74) is 3.21. The van der Waals surface area contributed by atoms with Gasteiger partial charge in [0.1, 0.15) is 0 Å². The van der Waals surface area contributed by atoms with Crippen LogP contribution >= 0.6 is 0 Å². The molecule has 96 valence electrons. The van der Waals surface area contributed by atoms with Crippen molar-refractivity contribution in [1.29, 1.82) is 0 Å². The maximum atomic E-state index is 5.17. The summed E-state index contributed by atoms with van der Waals surface area (Å²) in [4.78, 5) is 0. The van der Waals surface area contributed by atoms with E-state index in [9.17, 15) is 0 Å². The molecule has 3 rings (SSSR count). The second kappa shape index (κ2) is 5.12. The van der Waals surface area contributed by atoms with Gasteiger partial charge in [0.15, 0.2) is 0 Å². The molecule has 0 fully saturated rings. The first-order valence-electron chi connectivity index (χ1n) is 6.19. The molecule has 0 radical (unpaired) electrons. The first-order chi connectivity index (χ1) is 9.40. The summed E-state index contributed by atoms with van der Waals surface area (Å²) in [6, 6.07) is 14.1. The molecule has 19 heavy (non-hydrogen) atoms. The van der Waals surface area contributed by atoms with Crippen LogP contribution in [0.25, 0.3) is 5.69 Å². The topological polar surface area (TPSA) is 43.0 Å². The highest BCUT2D eigenvalue weighted by atomic mass is 16.3. The van der Waals surface area contributed by atoms with Gasteiger partial charge >= 0.3 is 0 Å². The van der Waals surface area contributed by atoms with Crippen molar-refractivity contribution in [2.75, 3.05) is 7.05 Å². The van der Waals surface area contributed by atoms with E-state index in [1.54, 1.807) is 12.5 Å². The van der Waals surface area contributed by atoms with Crippen LogP contribution in [0.4, 0.5) is 0 Å². The molecule has 1 atom stereocenters. The minimum Gasteiger partial charge on any atom is -0.472 e. The molecule has 0 saturated heterocycles. The van der Waals surface area contributed by atoms with E-state index in [1.807, 2.05) is 60.4 Å². The van der Waals surface area contributed by atoms with E-state index in [4.69, 9.17) is 4.42 Å². The molecule has 2 heterocycles. The molecule has 2 aromatic heterocycles. The Morgan fingerprint density at radius 2 is 2.00 bits per heavy atom. The molecule has 0 aliphatic rings. The highest BCUT2D eigenvalue weighted by molar-refractivity contribution is 5.35. The lowest BCUT2D eigenvalue weighted by molar-refractivity contribution is 0.554. The van der Waals surface area contributed by atoms with Crippen LogP contribution < -0.4 is 5.32 Å². The zero-order chi connectivity index (χ0) is 13.1. The van der Waals surface area contributed by atoms with Crippen LogP contribution in [-0.4, -0.2) is 16.8 Å². The lowest BCUT2D eigenvalue weighted by Gasteiger charge is -2.16. The van der Waals surface area contributed by atoms with Gasteiger partial charge in [-0.3, -0.25) is 0 Å². The Hall–Kier alpha value is -2.33. The molecule has 0 aliphatic carbocycles. The zero-order valence-electron chi connectivity index (χ0n) is 10.7. The average Bonchev–Trinajstić information content (AvgIpc) is 3.12. The van der Waals surface area contributed by atoms with E-state index < -0.39 is 0 Å². The van der Waals surface area contributed by atoms with E-state index in [2.05, 4.69) is 10.4 Å². The fraction of sp³-hybridized carbons (Fsp3) is 0.133. The highest BCUT2D eigenvalue weighted by Crippen LogP contribution is 2.23. The van der Waals surface area contributed by atoms with Gasteiger partial charge in [-0.15, -0.1) is 0 Å². The lowest BCUT2D eigenvalue weighted by atomic mass is 10.1. The monoisotopic (exact) mass is 253 g/mol. The van der Waals surface area contributed by atoms with Gasteiger partial charge < -0.3 is 9.73 Å². The summed E-state index contributed by atoms with van der Waals surface area (Å²) in [7, 11) is 1.93. The third kappa shape index (κ3) is 2.18. The first-order valence-corrected chi connectivity index (χ1v) is 6.19. The SMILES string of the molecule is CNC(c1ccoc1)c1ccnn1-c1ccccc1. The van der Waals surface area contributed by atoms with Gasteiger partial charge in [0, 0.05) is 11.8 Å². The fourth-order valence-corrected chi connectivity index (χ4v) is 2.24. The third-order valence-electron chi connectivity index (χ3n) is 3.13. The van der Waals surface area contributed by atoms with Crippen molar-refractivity contribution in [3.8, 4) is 5.69 Å². The Bertz CT molecular complexity index is 628. The quantitative estimate of drug-likeness (QED) is 0.777. The molecule has 1 unspecified atom stereocenters. The Labute approximate surface area is 111 Å². The summed E-state index contributed by atoms with van der Waals surface area (Å²) >= 11 is 0. The molecular weight excluding hydrogens is 238 g/mol. The van der Waals surface area contributed by atoms with Crippen LogP contribution in [0, 0.1) is 0 Å². The number of para-hydroxylation sites is 1. The number of aromatic nitrogens is 2. The number of nitrogens with zero attached hydrogens (tertiary/aromatic N) is 2. The van der Waals surface area contributed by atoms with Crippen LogP contribution in [-0.2, 0) is 0 Å². The van der Waals surface area contributed by atoms with Crippen molar-refractivity contribution < 1.29 is 4.42 Å². The standard InChI is InChI=1S/C15H15N3O/c1-16-15(12-8-10-19-11-12)14-7-9-17-18(14)13-5-3-2-4-6-13/h2-11,15-16H,1H3. The average molecular weight is 253 g/mol. The number of rotatable bonds is 4. The third-order valence-corrected chi connectivity index (χ3v) is 3.13. The smallest absolute Gasteiger partial charge is 0.0954 e. The maximum absolute atomic E-state index is 5.17. The van der Waals surface area contributed by atoms with E-state index in [0.717, 1.165) is 16.9 Å². The first kappa shape index (κ1) is 11.7. The highest BCUT2D eigenvalue weighted by Gasteiger charge is 2.18. The second-order valence-corrected chi connectivity index (χ2v) is 4.28. The van der Waals surface area contributed by atoms with Crippen LogP contribution in [0.1, 0.15) is 17.3 Å². The number of furan rings is 1. The summed E-state index contributed by atoms with van der Waals surface area (Å²) in [6.45, 7) is 0. The molecule has 0 aliphatic heterocycles. The van der Waals surface area contributed by atoms with Gasteiger partial charge in [-0.25, -0.2) is 4.68 Å². The van der Waals surface area contributed by atoms with Crippen molar-refractivity contribution in [2.24, 2.45) is 0 Å². The molecule has 4 nitrogen and oxygen atoms in total. The van der Waals surface area contributed by atoms with Crippen LogP contribution in [0.5, 0.6) is 0 Å². The molecule has 1 N–H and O–H groups in total. The predicted octanol–water partition coefficient (Wildman–Crippen LogP) is 2.77. The van der Waals surface area contributed by atoms with Crippen LogP contribution in [0.3, 0.4) is 0 Å². The number of nitrogens with one attached hydrogen (secondary N) is 1. The molecule has 0 spiro atoms. The lowest BCUT2D eigenvalue weighted by Crippen LogP contribution is -2.20. The second-order valence-electron chi connectivity index (χ2n) is 4.28. The number of hydrogen-bond donors (Lipinski definition) is 1. The Morgan fingerprint density at radius 3 is 2.68 bits per heavy atom. The van der Waals surface area contributed by atoms with E-state index in [0.29, 0.717) is 0 Å². The Balaban J connectivity index is 2.04. The number of benzene rings is 1. The van der Waals surface area contributed by atoms with Gasteiger partial charge in [-0.1, -0.05) is 18.2 Å². The Morgan fingerprint density at radius 1 is 1.16 bits per heavy atom. The largest absolute Gasteiger partial charge is 0.472 e. The summed E-state index contributed by atoms with van der Waals surface area (Å²) < 4.78 is 7.11. The minimum absolute atomic E-state index is 0.0569. The molecule has 0 saturated carbocycles. The molecular formula is C15H15N3O. The van der Waals surface area contributed by atoms with Crippen LogP contribution in [0.2, 0.25) is 0 Å². The van der Waals surface area contributed by atoms with Crippen molar-refractivity contribution >= 4 is 0 Å². The van der Waals surface area contributed by atoms with E-state index >= 15 is 0 Å². The molecule has 0 amide bonds. The number of hydrogen-bond acceptors (Lipinski definition) is 3. The van der Waals surface area contributed by atoms with E-state index in [1.165, 1.54) is 0 Å². The summed E-state index contributed by atoms with van der Waals surface area (Å²) in [6.07, 6.45) is 5.25. The van der Waals surface area contributed by atoms with Crippen molar-refractivity contribution in [2.45, 2.75) is 6.04 Å². The fourth-order valence-electron chi connectivity index (χ4n) is 2.24. The predicted molar refractivity (Wildman–Crippen MR) is 73.2 cm³/mol. The minimum atomic E-state index is 0.0569. The van der Waals surface area contributed by atoms with Crippen molar-refractivity contribution in [1.82, 2.24) is 15.1 Å². The van der Waals surface area contributed by atoms with Gasteiger partial charge in [-0.2, -0.15) is 5.10 Å². The Kier molecular flexibility index (Phi) is 3.16. The summed E-state index contributed by atoms with van der Waals surface area (Å²) in [5.74, 6) is 0. The van der Waals surface area contributed by atoms with Crippen molar-refractivity contribution in [3.63, 3.8) is 0 Å². The molecule has 0 bridgehead atoms.